The van der Waals surface area contributed by atoms with Crippen LogP contribution in [0.3, 0.4) is 0 Å². The van der Waals surface area contributed by atoms with Gasteiger partial charge in [0.05, 0.1) is 18.2 Å². The van der Waals surface area contributed by atoms with Crippen LogP contribution in [-0.4, -0.2) is 46.3 Å². The molecule has 1 aliphatic heterocycles. The molecule has 2 atom stereocenters. The number of carboxylic acids is 1. The highest BCUT2D eigenvalue weighted by Crippen LogP contribution is 2.25. The maximum absolute atomic E-state index is 12.2. The van der Waals surface area contributed by atoms with Gasteiger partial charge in [-0.05, 0) is 46.5 Å². The highest BCUT2D eigenvalue weighted by atomic mass is 79.9. The molecule has 21 heavy (non-hydrogen) atoms. The molecule has 1 saturated heterocycles. The Labute approximate surface area is 130 Å². The average molecular weight is 357 g/mol. The maximum Gasteiger partial charge on any atom is 0.336 e. The van der Waals surface area contributed by atoms with Crippen molar-refractivity contribution in [2.24, 2.45) is 5.92 Å². The van der Waals surface area contributed by atoms with E-state index in [-0.39, 0.29) is 30.2 Å². The van der Waals surface area contributed by atoms with E-state index in [1.165, 1.54) is 6.07 Å². The van der Waals surface area contributed by atoms with E-state index in [1.807, 2.05) is 6.92 Å². The quantitative estimate of drug-likeness (QED) is 0.775. The number of aliphatic hydroxyl groups excluding tert-OH is 1. The fourth-order valence-electron chi connectivity index (χ4n) is 2.50. The number of carboxylic acid groups (broad SMARTS) is 1. The molecule has 0 spiro atoms. The summed E-state index contributed by atoms with van der Waals surface area (Å²) in [6, 6.07) is 4.09. The molecule has 0 aromatic heterocycles. The van der Waals surface area contributed by atoms with Gasteiger partial charge >= 0.3 is 12.0 Å². The Morgan fingerprint density at radius 2 is 2.19 bits per heavy atom. The largest absolute Gasteiger partial charge is 0.478 e. The first-order valence-corrected chi connectivity index (χ1v) is 7.44. The molecule has 6 nitrogen and oxygen atoms in total. The van der Waals surface area contributed by atoms with Gasteiger partial charge in [0.1, 0.15) is 0 Å². The molecule has 1 aromatic rings. The summed E-state index contributed by atoms with van der Waals surface area (Å²) in [5, 5.41) is 21.1. The summed E-state index contributed by atoms with van der Waals surface area (Å²) in [5.41, 5.74) is 0.498. The van der Waals surface area contributed by atoms with Gasteiger partial charge in [-0.3, -0.25) is 0 Å². The highest BCUT2D eigenvalue weighted by molar-refractivity contribution is 9.10. The number of halogens is 1. The molecule has 2 rings (SSSR count). The maximum atomic E-state index is 12.2. The summed E-state index contributed by atoms with van der Waals surface area (Å²) in [5.74, 6) is -0.818. The number of carbonyl (C=O) groups excluding carboxylic acids is 1. The van der Waals surface area contributed by atoms with Crippen molar-refractivity contribution >= 4 is 33.6 Å². The van der Waals surface area contributed by atoms with Crippen molar-refractivity contribution in [3.63, 3.8) is 0 Å². The van der Waals surface area contributed by atoms with Crippen molar-refractivity contribution < 1.29 is 19.8 Å². The van der Waals surface area contributed by atoms with Gasteiger partial charge in [-0.25, -0.2) is 9.59 Å². The monoisotopic (exact) mass is 356 g/mol. The Kier molecular flexibility index (Phi) is 4.84. The lowest BCUT2D eigenvalue weighted by molar-refractivity contribution is 0.0696. The lowest BCUT2D eigenvalue weighted by atomic mass is 10.0. The third-order valence-corrected chi connectivity index (χ3v) is 4.47. The molecule has 2 unspecified atom stereocenters. The first kappa shape index (κ1) is 15.8. The van der Waals surface area contributed by atoms with Crippen LogP contribution in [0.5, 0.6) is 0 Å². The van der Waals surface area contributed by atoms with Crippen molar-refractivity contribution in [3.8, 4) is 0 Å². The van der Waals surface area contributed by atoms with Crippen LogP contribution in [0.1, 0.15) is 23.7 Å². The Morgan fingerprint density at radius 1 is 1.48 bits per heavy atom. The van der Waals surface area contributed by atoms with Crippen molar-refractivity contribution in [1.29, 1.82) is 0 Å². The summed E-state index contributed by atoms with van der Waals surface area (Å²) in [4.78, 5) is 24.9. The molecule has 0 saturated carbocycles. The lowest BCUT2D eigenvalue weighted by Crippen LogP contribution is -2.42. The van der Waals surface area contributed by atoms with Gasteiger partial charge in [0.25, 0.3) is 0 Å². The number of rotatable bonds is 3. The number of anilines is 1. The predicted octanol–water partition coefficient (Wildman–Crippen LogP) is 2.38. The molecule has 1 aliphatic rings. The van der Waals surface area contributed by atoms with Crippen molar-refractivity contribution in [2.45, 2.75) is 19.4 Å². The van der Waals surface area contributed by atoms with E-state index in [2.05, 4.69) is 21.2 Å². The minimum atomic E-state index is -1.07. The third kappa shape index (κ3) is 3.36. The van der Waals surface area contributed by atoms with Crippen LogP contribution in [0.15, 0.2) is 22.7 Å². The fourth-order valence-corrected chi connectivity index (χ4v) is 2.92. The molecule has 1 aromatic carbocycles. The number of carbonyl (C=O) groups is 2. The molecule has 0 aliphatic carbocycles. The fraction of sp³-hybridized carbons (Fsp3) is 0.429. The average Bonchev–Trinajstić information content (AvgIpc) is 2.81. The minimum Gasteiger partial charge on any atom is -0.478 e. The number of amides is 2. The molecule has 114 valence electrons. The van der Waals surface area contributed by atoms with E-state index in [0.717, 1.165) is 6.42 Å². The number of hydrogen-bond donors (Lipinski definition) is 3. The van der Waals surface area contributed by atoms with E-state index in [4.69, 9.17) is 5.11 Å². The first-order valence-electron chi connectivity index (χ1n) is 6.65. The second kappa shape index (κ2) is 6.44. The summed E-state index contributed by atoms with van der Waals surface area (Å²) < 4.78 is 0.455. The number of hydrogen-bond acceptors (Lipinski definition) is 3. The van der Waals surface area contributed by atoms with Gasteiger partial charge in [0.15, 0.2) is 0 Å². The second-order valence-electron chi connectivity index (χ2n) is 5.14. The number of nitrogens with zero attached hydrogens (tertiary/aromatic N) is 1. The summed E-state index contributed by atoms with van der Waals surface area (Å²) in [7, 11) is 0. The molecule has 0 radical (unpaired) electrons. The Morgan fingerprint density at radius 3 is 2.81 bits per heavy atom. The number of aliphatic hydroxyl groups is 1. The molecular formula is C14H17BrN2O4. The smallest absolute Gasteiger partial charge is 0.336 e. The molecule has 1 fully saturated rings. The predicted molar refractivity (Wildman–Crippen MR) is 81.5 cm³/mol. The van der Waals surface area contributed by atoms with E-state index in [9.17, 15) is 14.7 Å². The van der Waals surface area contributed by atoms with Gasteiger partial charge < -0.3 is 20.4 Å². The van der Waals surface area contributed by atoms with Gasteiger partial charge in [-0.2, -0.15) is 0 Å². The van der Waals surface area contributed by atoms with Gasteiger partial charge in [0, 0.05) is 16.7 Å². The van der Waals surface area contributed by atoms with Gasteiger partial charge in [-0.15, -0.1) is 0 Å². The van der Waals surface area contributed by atoms with Crippen molar-refractivity contribution in [1.82, 2.24) is 4.90 Å². The van der Waals surface area contributed by atoms with Crippen LogP contribution in [0.4, 0.5) is 10.5 Å². The number of nitrogens with one attached hydrogen (secondary N) is 1. The molecule has 1 heterocycles. The van der Waals surface area contributed by atoms with Crippen LogP contribution in [-0.2, 0) is 0 Å². The molecule has 2 amide bonds. The van der Waals surface area contributed by atoms with E-state index < -0.39 is 5.97 Å². The van der Waals surface area contributed by atoms with Crippen LogP contribution >= 0.6 is 15.9 Å². The zero-order valence-corrected chi connectivity index (χ0v) is 13.1. The normalized spacial score (nSPS) is 21.4. The Bertz CT molecular complexity index is 564. The standard InChI is InChI=1S/C14H17BrN2O4/c1-8-4-5-17(12(8)7-18)14(21)16-9-2-3-11(15)10(6-9)13(19)20/h2-3,6,8,12,18H,4-5,7H2,1H3,(H,16,21)(H,19,20). The summed E-state index contributed by atoms with van der Waals surface area (Å²) >= 11 is 3.16. The van der Waals surface area contributed by atoms with E-state index in [0.29, 0.717) is 16.7 Å². The number of benzene rings is 1. The van der Waals surface area contributed by atoms with Crippen LogP contribution in [0, 0.1) is 5.92 Å². The topological polar surface area (TPSA) is 89.9 Å². The van der Waals surface area contributed by atoms with Crippen LogP contribution < -0.4 is 5.32 Å². The Balaban J connectivity index is 2.13. The minimum absolute atomic E-state index is 0.0741. The van der Waals surface area contributed by atoms with Crippen molar-refractivity contribution in [2.75, 3.05) is 18.5 Å². The van der Waals surface area contributed by atoms with E-state index >= 15 is 0 Å². The molecule has 7 heteroatoms. The molecule has 3 N–H and O–H groups in total. The summed E-state index contributed by atoms with van der Waals surface area (Å²) in [6.45, 7) is 2.51. The lowest BCUT2D eigenvalue weighted by Gasteiger charge is -2.25. The van der Waals surface area contributed by atoms with E-state index in [1.54, 1.807) is 17.0 Å². The second-order valence-corrected chi connectivity index (χ2v) is 5.99. The first-order chi connectivity index (χ1) is 9.93. The van der Waals surface area contributed by atoms with Crippen LogP contribution in [0.2, 0.25) is 0 Å². The van der Waals surface area contributed by atoms with Gasteiger partial charge in [0.2, 0.25) is 0 Å². The number of urea groups is 1. The Hall–Kier alpha value is -1.60. The molecule has 0 bridgehead atoms. The highest BCUT2D eigenvalue weighted by Gasteiger charge is 2.33. The number of aromatic carboxylic acids is 1. The van der Waals surface area contributed by atoms with Gasteiger partial charge in [-0.1, -0.05) is 6.92 Å². The third-order valence-electron chi connectivity index (χ3n) is 3.78. The molecular weight excluding hydrogens is 340 g/mol. The van der Waals surface area contributed by atoms with Crippen LogP contribution in [0.25, 0.3) is 0 Å². The number of likely N-dealkylation sites (tertiary alicyclic amines) is 1. The van der Waals surface area contributed by atoms with Crippen molar-refractivity contribution in [3.05, 3.63) is 28.2 Å². The zero-order valence-electron chi connectivity index (χ0n) is 11.5. The SMILES string of the molecule is CC1CCN(C(=O)Nc2ccc(Br)c(C(=O)O)c2)C1CO. The zero-order chi connectivity index (χ0) is 15.6. The summed E-state index contributed by atoms with van der Waals surface area (Å²) in [6.07, 6.45) is 0.847.